The van der Waals surface area contributed by atoms with Gasteiger partial charge in [0.1, 0.15) is 11.6 Å². The van der Waals surface area contributed by atoms with Crippen molar-refractivity contribution in [2.75, 3.05) is 0 Å². The molecule has 0 aliphatic carbocycles. The van der Waals surface area contributed by atoms with Gasteiger partial charge in [-0.15, -0.1) is 0 Å². The minimum atomic E-state index is -0.323. The fraction of sp³-hybridized carbons (Fsp3) is 0.214. The maximum absolute atomic E-state index is 13.0. The fourth-order valence-electron chi connectivity index (χ4n) is 1.68. The number of rotatable bonds is 4. The highest BCUT2D eigenvalue weighted by Crippen LogP contribution is 2.31. The zero-order valence-corrected chi connectivity index (χ0v) is 12.0. The van der Waals surface area contributed by atoms with E-state index in [0.717, 1.165) is 5.56 Å². The van der Waals surface area contributed by atoms with E-state index in [1.165, 1.54) is 12.1 Å². The molecule has 2 rings (SSSR count). The van der Waals surface area contributed by atoms with Crippen molar-refractivity contribution in [3.63, 3.8) is 0 Å². The number of benzene rings is 1. The van der Waals surface area contributed by atoms with E-state index >= 15 is 0 Å². The van der Waals surface area contributed by atoms with Crippen LogP contribution >= 0.6 is 15.9 Å². The Labute approximate surface area is 119 Å². The monoisotopic (exact) mass is 324 g/mol. The van der Waals surface area contributed by atoms with Crippen LogP contribution in [-0.4, -0.2) is 11.0 Å². The van der Waals surface area contributed by atoms with Gasteiger partial charge in [-0.3, -0.25) is 0 Å². The van der Waals surface area contributed by atoms with Crippen LogP contribution in [0.4, 0.5) is 4.39 Å². The third-order valence-corrected chi connectivity index (χ3v) is 3.11. The minimum Gasteiger partial charge on any atom is -0.438 e. The van der Waals surface area contributed by atoms with Gasteiger partial charge in [0.15, 0.2) is 0 Å². The third-order valence-electron chi connectivity index (χ3n) is 2.49. The second-order valence-electron chi connectivity index (χ2n) is 4.33. The van der Waals surface area contributed by atoms with Crippen molar-refractivity contribution in [3.05, 3.63) is 52.4 Å². The standard InChI is InChI=1S/C14H14BrFN2O/c1-9(17)7-10-3-2-6-18-14(10)19-13-5-4-11(16)8-12(13)15/h2-6,8-9H,7,17H2,1H3. The van der Waals surface area contributed by atoms with Crippen molar-refractivity contribution in [1.82, 2.24) is 4.98 Å². The SMILES string of the molecule is CC(N)Cc1cccnc1Oc1ccc(F)cc1Br. The normalized spacial score (nSPS) is 12.2. The number of hydrogen-bond acceptors (Lipinski definition) is 3. The van der Waals surface area contributed by atoms with Gasteiger partial charge in [0.05, 0.1) is 4.47 Å². The Morgan fingerprint density at radius 2 is 2.21 bits per heavy atom. The molecule has 1 heterocycles. The van der Waals surface area contributed by atoms with Crippen LogP contribution in [0.3, 0.4) is 0 Å². The summed E-state index contributed by atoms with van der Waals surface area (Å²) in [5.41, 5.74) is 6.72. The van der Waals surface area contributed by atoms with Gasteiger partial charge in [-0.2, -0.15) is 0 Å². The molecule has 0 fully saturated rings. The zero-order chi connectivity index (χ0) is 13.8. The Hall–Kier alpha value is -1.46. The number of ether oxygens (including phenoxy) is 1. The first-order valence-electron chi connectivity index (χ1n) is 5.88. The van der Waals surface area contributed by atoms with Gasteiger partial charge in [-0.1, -0.05) is 6.07 Å². The summed E-state index contributed by atoms with van der Waals surface area (Å²) < 4.78 is 19.3. The molecule has 0 amide bonds. The van der Waals surface area contributed by atoms with Gasteiger partial charge in [0, 0.05) is 17.8 Å². The van der Waals surface area contributed by atoms with E-state index in [2.05, 4.69) is 20.9 Å². The van der Waals surface area contributed by atoms with Crippen LogP contribution in [0.15, 0.2) is 41.0 Å². The molecule has 0 spiro atoms. The Morgan fingerprint density at radius 1 is 1.42 bits per heavy atom. The van der Waals surface area contributed by atoms with E-state index in [9.17, 15) is 4.39 Å². The lowest BCUT2D eigenvalue weighted by molar-refractivity contribution is 0.449. The molecule has 0 radical (unpaired) electrons. The molecule has 1 aromatic heterocycles. The van der Waals surface area contributed by atoms with Crippen LogP contribution in [-0.2, 0) is 6.42 Å². The summed E-state index contributed by atoms with van der Waals surface area (Å²) in [6.07, 6.45) is 2.32. The van der Waals surface area contributed by atoms with Crippen LogP contribution in [0.5, 0.6) is 11.6 Å². The van der Waals surface area contributed by atoms with Gasteiger partial charge in [-0.25, -0.2) is 9.37 Å². The van der Waals surface area contributed by atoms with Crippen molar-refractivity contribution >= 4 is 15.9 Å². The number of aromatic nitrogens is 1. The van der Waals surface area contributed by atoms with Crippen LogP contribution in [0.2, 0.25) is 0 Å². The van der Waals surface area contributed by atoms with E-state index in [1.807, 2.05) is 19.1 Å². The second-order valence-corrected chi connectivity index (χ2v) is 5.18. The molecule has 1 atom stereocenters. The van der Waals surface area contributed by atoms with Crippen LogP contribution < -0.4 is 10.5 Å². The fourth-order valence-corrected chi connectivity index (χ4v) is 2.11. The Kier molecular flexibility index (Phi) is 4.50. The van der Waals surface area contributed by atoms with Crippen molar-refractivity contribution < 1.29 is 9.13 Å². The van der Waals surface area contributed by atoms with Crippen molar-refractivity contribution in [3.8, 4) is 11.6 Å². The van der Waals surface area contributed by atoms with Gasteiger partial charge in [0.25, 0.3) is 0 Å². The molecule has 100 valence electrons. The maximum Gasteiger partial charge on any atom is 0.222 e. The zero-order valence-electron chi connectivity index (χ0n) is 10.4. The van der Waals surface area contributed by atoms with Crippen LogP contribution in [0, 0.1) is 5.82 Å². The largest absolute Gasteiger partial charge is 0.438 e. The first-order valence-corrected chi connectivity index (χ1v) is 6.68. The number of nitrogens with two attached hydrogens (primary N) is 1. The summed E-state index contributed by atoms with van der Waals surface area (Å²) in [6, 6.07) is 8.03. The lowest BCUT2D eigenvalue weighted by atomic mass is 10.1. The van der Waals surface area contributed by atoms with Gasteiger partial charge in [0.2, 0.25) is 5.88 Å². The van der Waals surface area contributed by atoms with E-state index in [-0.39, 0.29) is 11.9 Å². The highest BCUT2D eigenvalue weighted by Gasteiger charge is 2.10. The number of halogens is 2. The highest BCUT2D eigenvalue weighted by molar-refractivity contribution is 9.10. The number of pyridine rings is 1. The predicted octanol–water partition coefficient (Wildman–Crippen LogP) is 3.67. The molecular weight excluding hydrogens is 311 g/mol. The molecule has 5 heteroatoms. The quantitative estimate of drug-likeness (QED) is 0.933. The topological polar surface area (TPSA) is 48.1 Å². The van der Waals surface area contributed by atoms with Gasteiger partial charge in [-0.05, 0) is 53.5 Å². The first-order chi connectivity index (χ1) is 9.06. The molecule has 2 aromatic rings. The average Bonchev–Trinajstić information content (AvgIpc) is 2.34. The maximum atomic E-state index is 13.0. The van der Waals surface area contributed by atoms with Crippen LogP contribution in [0.1, 0.15) is 12.5 Å². The molecule has 0 saturated carbocycles. The van der Waals surface area contributed by atoms with Gasteiger partial charge >= 0.3 is 0 Å². The van der Waals surface area contributed by atoms with Gasteiger partial charge < -0.3 is 10.5 Å². The molecule has 0 aliphatic rings. The van der Waals surface area contributed by atoms with E-state index < -0.39 is 0 Å². The first kappa shape index (κ1) is 14.0. The Balaban J connectivity index is 2.27. The molecule has 0 aliphatic heterocycles. The molecule has 1 aromatic carbocycles. The highest BCUT2D eigenvalue weighted by atomic mass is 79.9. The summed E-state index contributed by atoms with van der Waals surface area (Å²) in [4.78, 5) is 4.20. The third kappa shape index (κ3) is 3.75. The number of nitrogens with zero attached hydrogens (tertiary/aromatic N) is 1. The lowest BCUT2D eigenvalue weighted by Gasteiger charge is -2.12. The summed E-state index contributed by atoms with van der Waals surface area (Å²) >= 11 is 3.26. The molecule has 0 bridgehead atoms. The minimum absolute atomic E-state index is 0.0169. The summed E-state index contributed by atoms with van der Waals surface area (Å²) in [6.45, 7) is 1.92. The predicted molar refractivity (Wildman–Crippen MR) is 75.8 cm³/mol. The molecule has 3 nitrogen and oxygen atoms in total. The Morgan fingerprint density at radius 3 is 2.89 bits per heavy atom. The summed E-state index contributed by atoms with van der Waals surface area (Å²) in [7, 11) is 0. The smallest absolute Gasteiger partial charge is 0.222 e. The molecule has 2 N–H and O–H groups in total. The average molecular weight is 325 g/mol. The summed E-state index contributed by atoms with van der Waals surface area (Å²) in [5, 5.41) is 0. The molecule has 19 heavy (non-hydrogen) atoms. The van der Waals surface area contributed by atoms with Crippen molar-refractivity contribution in [2.24, 2.45) is 5.73 Å². The second kappa shape index (κ2) is 6.12. The summed E-state index contributed by atoms with van der Waals surface area (Å²) in [5.74, 6) is 0.689. The Bertz CT molecular complexity index is 575. The molecule has 0 saturated heterocycles. The van der Waals surface area contributed by atoms with E-state index in [0.29, 0.717) is 22.5 Å². The molecule has 1 unspecified atom stereocenters. The lowest BCUT2D eigenvalue weighted by Crippen LogP contribution is -2.18. The van der Waals surface area contributed by atoms with Crippen molar-refractivity contribution in [1.29, 1.82) is 0 Å². The van der Waals surface area contributed by atoms with Crippen molar-refractivity contribution in [2.45, 2.75) is 19.4 Å². The number of hydrogen-bond donors (Lipinski definition) is 1. The van der Waals surface area contributed by atoms with Crippen LogP contribution in [0.25, 0.3) is 0 Å². The van der Waals surface area contributed by atoms with E-state index in [1.54, 1.807) is 12.3 Å². The van der Waals surface area contributed by atoms with E-state index in [4.69, 9.17) is 10.5 Å². The molecular formula is C14H14BrFN2O.